The molecule has 7 nitrogen and oxygen atoms in total. The summed E-state index contributed by atoms with van der Waals surface area (Å²) in [6, 6.07) is 1.76. The third kappa shape index (κ3) is 3.08. The maximum atomic E-state index is 13.0. The Morgan fingerprint density at radius 2 is 1.96 bits per heavy atom. The molecule has 3 saturated heterocycles. The summed E-state index contributed by atoms with van der Waals surface area (Å²) < 4.78 is 11.0. The molecule has 3 aliphatic heterocycles. The van der Waals surface area contributed by atoms with Crippen LogP contribution in [0.2, 0.25) is 0 Å². The maximum Gasteiger partial charge on any atom is 0.349 e. The van der Waals surface area contributed by atoms with E-state index in [0.29, 0.717) is 37.4 Å². The van der Waals surface area contributed by atoms with E-state index in [-0.39, 0.29) is 29.0 Å². The van der Waals surface area contributed by atoms with Crippen LogP contribution in [0.3, 0.4) is 0 Å². The normalized spacial score (nSPS) is 24.8. The monoisotopic (exact) mass is 374 g/mol. The standard InChI is InChI=1S/C20H26N2O5/c1-13-12-15(14-4-3-11-26-14)27-19(25)17(13)18(24)22-9-7-20(8-10-22)6-5-16(23)21(20)2/h12,14H,3-11H2,1-2H3. The van der Waals surface area contributed by atoms with Gasteiger partial charge < -0.3 is 19.0 Å². The average molecular weight is 374 g/mol. The van der Waals surface area contributed by atoms with Gasteiger partial charge in [-0.3, -0.25) is 9.59 Å². The Labute approximate surface area is 158 Å². The van der Waals surface area contributed by atoms with Gasteiger partial charge in [-0.15, -0.1) is 0 Å². The Hall–Kier alpha value is -2.15. The van der Waals surface area contributed by atoms with Gasteiger partial charge in [0, 0.05) is 38.7 Å². The molecule has 0 saturated carbocycles. The van der Waals surface area contributed by atoms with E-state index in [1.807, 2.05) is 11.9 Å². The highest BCUT2D eigenvalue weighted by molar-refractivity contribution is 5.95. The third-order valence-electron chi connectivity index (χ3n) is 6.50. The number of likely N-dealkylation sites (tertiary alicyclic amines) is 2. The van der Waals surface area contributed by atoms with Crippen molar-refractivity contribution in [3.63, 3.8) is 0 Å². The summed E-state index contributed by atoms with van der Waals surface area (Å²) in [6.07, 6.45) is 4.51. The number of hydrogen-bond donors (Lipinski definition) is 0. The quantitative estimate of drug-likeness (QED) is 0.791. The Kier molecular flexibility index (Phi) is 4.58. The molecule has 1 unspecified atom stereocenters. The van der Waals surface area contributed by atoms with Crippen LogP contribution in [0, 0.1) is 6.92 Å². The predicted molar refractivity (Wildman–Crippen MR) is 97.5 cm³/mol. The molecule has 0 N–H and O–H groups in total. The maximum absolute atomic E-state index is 13.0. The molecule has 0 aromatic carbocycles. The molecule has 2 amide bonds. The lowest BCUT2D eigenvalue weighted by Crippen LogP contribution is -2.53. The second-order valence-electron chi connectivity index (χ2n) is 7.97. The van der Waals surface area contributed by atoms with Crippen LogP contribution in [0.4, 0.5) is 0 Å². The SMILES string of the molecule is Cc1cc(C2CCCO2)oc(=O)c1C(=O)N1CCC2(CCC(=O)N2C)CC1. The van der Waals surface area contributed by atoms with E-state index < -0.39 is 5.63 Å². The fourth-order valence-corrected chi connectivity index (χ4v) is 4.66. The number of hydrogen-bond acceptors (Lipinski definition) is 5. The molecule has 0 radical (unpaired) electrons. The number of carbonyl (C=O) groups is 2. The summed E-state index contributed by atoms with van der Waals surface area (Å²) >= 11 is 0. The molecule has 1 aromatic heterocycles. The summed E-state index contributed by atoms with van der Waals surface area (Å²) in [5.74, 6) is 0.410. The first-order valence-electron chi connectivity index (χ1n) is 9.73. The van der Waals surface area contributed by atoms with Gasteiger partial charge in [0.2, 0.25) is 5.91 Å². The van der Waals surface area contributed by atoms with Crippen LogP contribution in [0.5, 0.6) is 0 Å². The molecular weight excluding hydrogens is 348 g/mol. The first kappa shape index (κ1) is 18.2. The zero-order chi connectivity index (χ0) is 19.2. The summed E-state index contributed by atoms with van der Waals surface area (Å²) in [4.78, 5) is 41.0. The van der Waals surface area contributed by atoms with Crippen molar-refractivity contribution >= 4 is 11.8 Å². The van der Waals surface area contributed by atoms with Crippen molar-refractivity contribution < 1.29 is 18.7 Å². The topological polar surface area (TPSA) is 80.1 Å². The molecule has 4 rings (SSSR count). The van der Waals surface area contributed by atoms with Crippen LogP contribution in [-0.2, 0) is 9.53 Å². The summed E-state index contributed by atoms with van der Waals surface area (Å²) in [5, 5.41) is 0. The highest BCUT2D eigenvalue weighted by Crippen LogP contribution is 2.38. The first-order valence-corrected chi connectivity index (χ1v) is 9.73. The molecule has 1 atom stereocenters. The van der Waals surface area contributed by atoms with E-state index >= 15 is 0 Å². The van der Waals surface area contributed by atoms with E-state index in [1.54, 1.807) is 17.9 Å². The van der Waals surface area contributed by atoms with E-state index in [2.05, 4.69) is 0 Å². The Morgan fingerprint density at radius 1 is 1.22 bits per heavy atom. The number of nitrogens with zero attached hydrogens (tertiary/aromatic N) is 2. The zero-order valence-electron chi connectivity index (χ0n) is 16.0. The predicted octanol–water partition coefficient (Wildman–Crippen LogP) is 2.03. The lowest BCUT2D eigenvalue weighted by molar-refractivity contribution is -0.130. The smallest absolute Gasteiger partial charge is 0.349 e. The van der Waals surface area contributed by atoms with Gasteiger partial charge in [-0.25, -0.2) is 4.79 Å². The van der Waals surface area contributed by atoms with Gasteiger partial charge >= 0.3 is 5.63 Å². The van der Waals surface area contributed by atoms with E-state index in [4.69, 9.17) is 9.15 Å². The number of ether oxygens (including phenoxy) is 1. The molecule has 1 spiro atoms. The molecular formula is C20H26N2O5. The lowest BCUT2D eigenvalue weighted by atomic mass is 9.85. The second-order valence-corrected chi connectivity index (χ2v) is 7.97. The van der Waals surface area contributed by atoms with Crippen LogP contribution < -0.4 is 5.63 Å². The van der Waals surface area contributed by atoms with Gasteiger partial charge in [0.05, 0.1) is 0 Å². The van der Waals surface area contributed by atoms with Gasteiger partial charge in [0.25, 0.3) is 5.91 Å². The molecule has 146 valence electrons. The number of carbonyl (C=O) groups excluding carboxylic acids is 2. The summed E-state index contributed by atoms with van der Waals surface area (Å²) in [7, 11) is 1.86. The van der Waals surface area contributed by atoms with Crippen LogP contribution in [0.25, 0.3) is 0 Å². The molecule has 3 fully saturated rings. The molecule has 0 aliphatic carbocycles. The van der Waals surface area contributed by atoms with Gasteiger partial charge in [0.15, 0.2) is 0 Å². The minimum absolute atomic E-state index is 0.114. The third-order valence-corrected chi connectivity index (χ3v) is 6.50. The summed E-state index contributed by atoms with van der Waals surface area (Å²) in [5.41, 5.74) is 0.0368. The van der Waals surface area contributed by atoms with Crippen molar-refractivity contribution in [1.29, 1.82) is 0 Å². The fourth-order valence-electron chi connectivity index (χ4n) is 4.66. The van der Waals surface area contributed by atoms with Gasteiger partial charge in [0.1, 0.15) is 17.4 Å². The number of amides is 2. The number of rotatable bonds is 2. The minimum atomic E-state index is -0.584. The van der Waals surface area contributed by atoms with E-state index in [0.717, 1.165) is 32.1 Å². The van der Waals surface area contributed by atoms with E-state index in [1.165, 1.54) is 0 Å². The van der Waals surface area contributed by atoms with Crippen molar-refractivity contribution in [1.82, 2.24) is 9.80 Å². The van der Waals surface area contributed by atoms with Crippen LogP contribution in [-0.4, -0.2) is 53.9 Å². The summed E-state index contributed by atoms with van der Waals surface area (Å²) in [6.45, 7) is 3.53. The van der Waals surface area contributed by atoms with Gasteiger partial charge in [-0.2, -0.15) is 0 Å². The first-order chi connectivity index (χ1) is 12.9. The fraction of sp³-hybridized carbons (Fsp3) is 0.650. The zero-order valence-corrected chi connectivity index (χ0v) is 16.0. The average Bonchev–Trinajstić information content (AvgIpc) is 3.27. The molecule has 7 heteroatoms. The molecule has 4 heterocycles. The Balaban J connectivity index is 1.50. The molecule has 0 bridgehead atoms. The number of aryl methyl sites for hydroxylation is 1. The Morgan fingerprint density at radius 3 is 2.52 bits per heavy atom. The van der Waals surface area contributed by atoms with Crippen LogP contribution in [0.15, 0.2) is 15.3 Å². The minimum Gasteiger partial charge on any atom is -0.424 e. The molecule has 3 aliphatic rings. The van der Waals surface area contributed by atoms with Crippen molar-refractivity contribution in [2.45, 2.75) is 57.1 Å². The Bertz CT molecular complexity index is 816. The molecule has 27 heavy (non-hydrogen) atoms. The van der Waals surface area contributed by atoms with Crippen LogP contribution >= 0.6 is 0 Å². The van der Waals surface area contributed by atoms with Crippen molar-refractivity contribution in [3.05, 3.63) is 33.4 Å². The lowest BCUT2D eigenvalue weighted by Gasteiger charge is -2.43. The van der Waals surface area contributed by atoms with Crippen LogP contribution in [0.1, 0.15) is 66.3 Å². The largest absolute Gasteiger partial charge is 0.424 e. The van der Waals surface area contributed by atoms with Crippen molar-refractivity contribution in [2.75, 3.05) is 26.7 Å². The molecule has 1 aromatic rings. The van der Waals surface area contributed by atoms with Crippen molar-refractivity contribution in [2.24, 2.45) is 0 Å². The second kappa shape index (κ2) is 6.78. The highest BCUT2D eigenvalue weighted by Gasteiger charge is 2.45. The number of piperidine rings is 1. The van der Waals surface area contributed by atoms with Gasteiger partial charge in [-0.1, -0.05) is 0 Å². The van der Waals surface area contributed by atoms with Gasteiger partial charge in [-0.05, 0) is 50.7 Å². The van der Waals surface area contributed by atoms with E-state index in [9.17, 15) is 14.4 Å². The van der Waals surface area contributed by atoms with Crippen molar-refractivity contribution in [3.8, 4) is 0 Å². The highest BCUT2D eigenvalue weighted by atomic mass is 16.5.